The molecule has 0 aliphatic carbocycles. The molecule has 0 radical (unpaired) electrons. The second kappa shape index (κ2) is 5.93. The van der Waals surface area contributed by atoms with Crippen molar-refractivity contribution >= 4 is 27.4 Å². The number of hydrogen-bond donors (Lipinski definition) is 1. The van der Waals surface area contributed by atoms with Crippen LogP contribution in [-0.2, 0) is 6.54 Å². The molecule has 0 aliphatic heterocycles. The van der Waals surface area contributed by atoms with Crippen LogP contribution in [0.5, 0.6) is 5.75 Å². The van der Waals surface area contributed by atoms with Crippen molar-refractivity contribution in [3.63, 3.8) is 0 Å². The zero-order chi connectivity index (χ0) is 15.7. The summed E-state index contributed by atoms with van der Waals surface area (Å²) in [6.07, 6.45) is 0. The zero-order valence-corrected chi connectivity index (χ0v) is 14.0. The Morgan fingerprint density at radius 1 is 1.18 bits per heavy atom. The highest BCUT2D eigenvalue weighted by Gasteiger charge is 2.13. The maximum atomic E-state index is 5.27. The fourth-order valence-corrected chi connectivity index (χ4v) is 3.53. The van der Waals surface area contributed by atoms with Crippen molar-refractivity contribution in [2.24, 2.45) is 0 Å². The van der Waals surface area contributed by atoms with Crippen LogP contribution in [0.25, 0.3) is 10.2 Å². The third-order valence-electron chi connectivity index (χ3n) is 3.73. The standard InChI is InChI=1S/C17H19N3OS/c1-10-11(2)22-17-15(10)16(19-12(3)20-17)18-9-13-6-5-7-14(8-13)21-4/h5-8H,9H2,1-4H3,(H,18,19,20). The van der Waals surface area contributed by atoms with Gasteiger partial charge < -0.3 is 10.1 Å². The quantitative estimate of drug-likeness (QED) is 0.782. The molecular weight excluding hydrogens is 294 g/mol. The van der Waals surface area contributed by atoms with Crippen LogP contribution in [0.2, 0.25) is 0 Å². The van der Waals surface area contributed by atoms with Gasteiger partial charge in [0.2, 0.25) is 0 Å². The largest absolute Gasteiger partial charge is 0.497 e. The van der Waals surface area contributed by atoms with Crippen molar-refractivity contribution in [2.75, 3.05) is 12.4 Å². The second-order valence-corrected chi connectivity index (χ2v) is 6.49. The maximum Gasteiger partial charge on any atom is 0.139 e. The van der Waals surface area contributed by atoms with E-state index in [9.17, 15) is 0 Å². The predicted octanol–water partition coefficient (Wildman–Crippen LogP) is 4.24. The Bertz CT molecular complexity index is 826. The molecule has 0 unspecified atom stereocenters. The molecule has 0 atom stereocenters. The lowest BCUT2D eigenvalue weighted by molar-refractivity contribution is 0.414. The number of nitrogens with one attached hydrogen (secondary N) is 1. The smallest absolute Gasteiger partial charge is 0.139 e. The lowest BCUT2D eigenvalue weighted by Gasteiger charge is -2.09. The molecule has 4 nitrogen and oxygen atoms in total. The van der Waals surface area contributed by atoms with Crippen LogP contribution in [0.4, 0.5) is 5.82 Å². The molecule has 1 aromatic carbocycles. The van der Waals surface area contributed by atoms with Gasteiger partial charge in [-0.15, -0.1) is 11.3 Å². The maximum absolute atomic E-state index is 5.27. The second-order valence-electron chi connectivity index (χ2n) is 5.29. The van der Waals surface area contributed by atoms with Crippen LogP contribution in [0.3, 0.4) is 0 Å². The van der Waals surface area contributed by atoms with Crippen molar-refractivity contribution in [3.8, 4) is 5.75 Å². The Kier molecular flexibility index (Phi) is 3.98. The lowest BCUT2D eigenvalue weighted by Crippen LogP contribution is -2.04. The molecule has 114 valence electrons. The summed E-state index contributed by atoms with van der Waals surface area (Å²) in [5, 5.41) is 4.59. The fourth-order valence-electron chi connectivity index (χ4n) is 2.45. The summed E-state index contributed by atoms with van der Waals surface area (Å²) >= 11 is 1.72. The lowest BCUT2D eigenvalue weighted by atomic mass is 10.2. The van der Waals surface area contributed by atoms with E-state index in [1.54, 1.807) is 18.4 Å². The number of thiophene rings is 1. The molecule has 2 aromatic heterocycles. The minimum Gasteiger partial charge on any atom is -0.497 e. The van der Waals surface area contributed by atoms with Gasteiger partial charge in [-0.1, -0.05) is 12.1 Å². The van der Waals surface area contributed by atoms with Crippen molar-refractivity contribution in [1.82, 2.24) is 9.97 Å². The first-order chi connectivity index (χ1) is 10.6. The molecule has 5 heteroatoms. The van der Waals surface area contributed by atoms with Gasteiger partial charge in [-0.2, -0.15) is 0 Å². The van der Waals surface area contributed by atoms with Crippen LogP contribution in [0.15, 0.2) is 24.3 Å². The van der Waals surface area contributed by atoms with Gasteiger partial charge in [0.25, 0.3) is 0 Å². The number of ether oxygens (including phenoxy) is 1. The minimum absolute atomic E-state index is 0.705. The first kappa shape index (κ1) is 14.8. The summed E-state index contributed by atoms with van der Waals surface area (Å²) in [7, 11) is 1.68. The van der Waals surface area contributed by atoms with E-state index in [0.717, 1.165) is 33.2 Å². The zero-order valence-electron chi connectivity index (χ0n) is 13.2. The predicted molar refractivity (Wildman–Crippen MR) is 91.9 cm³/mol. The summed E-state index contributed by atoms with van der Waals surface area (Å²) in [4.78, 5) is 11.5. The van der Waals surface area contributed by atoms with E-state index in [0.29, 0.717) is 6.54 Å². The molecule has 0 saturated carbocycles. The summed E-state index contributed by atoms with van der Waals surface area (Å²) in [5.41, 5.74) is 2.42. The molecule has 2 heterocycles. The highest BCUT2D eigenvalue weighted by atomic mass is 32.1. The number of aryl methyl sites for hydroxylation is 3. The monoisotopic (exact) mass is 313 g/mol. The molecule has 0 aliphatic rings. The van der Waals surface area contributed by atoms with E-state index in [1.165, 1.54) is 10.4 Å². The summed E-state index contributed by atoms with van der Waals surface area (Å²) in [6.45, 7) is 6.89. The average Bonchev–Trinajstić information content (AvgIpc) is 2.79. The number of aromatic nitrogens is 2. The fraction of sp³-hybridized carbons (Fsp3) is 0.294. The number of benzene rings is 1. The summed E-state index contributed by atoms with van der Waals surface area (Å²) < 4.78 is 5.27. The number of methoxy groups -OCH3 is 1. The molecule has 0 bridgehead atoms. The van der Waals surface area contributed by atoms with E-state index in [1.807, 2.05) is 25.1 Å². The van der Waals surface area contributed by atoms with Crippen molar-refractivity contribution in [2.45, 2.75) is 27.3 Å². The number of nitrogens with zero attached hydrogens (tertiary/aromatic N) is 2. The molecular formula is C17H19N3OS. The Balaban J connectivity index is 1.93. The molecule has 0 amide bonds. The Morgan fingerprint density at radius 3 is 2.77 bits per heavy atom. The molecule has 0 spiro atoms. The Morgan fingerprint density at radius 2 is 2.00 bits per heavy atom. The molecule has 0 saturated heterocycles. The van der Waals surface area contributed by atoms with E-state index in [-0.39, 0.29) is 0 Å². The SMILES string of the molecule is COc1cccc(CNc2nc(C)nc3sc(C)c(C)c23)c1. The van der Waals surface area contributed by atoms with Gasteiger partial charge in [-0.3, -0.25) is 0 Å². The first-order valence-electron chi connectivity index (χ1n) is 7.19. The number of fused-ring (bicyclic) bond motifs is 1. The van der Waals surface area contributed by atoms with Gasteiger partial charge in [-0.25, -0.2) is 9.97 Å². The highest BCUT2D eigenvalue weighted by molar-refractivity contribution is 7.18. The van der Waals surface area contributed by atoms with E-state index >= 15 is 0 Å². The number of rotatable bonds is 4. The van der Waals surface area contributed by atoms with Crippen molar-refractivity contribution in [1.29, 1.82) is 0 Å². The third-order valence-corrected chi connectivity index (χ3v) is 4.84. The number of anilines is 1. The Labute approximate surface area is 134 Å². The van der Waals surface area contributed by atoms with Gasteiger partial charge in [0.05, 0.1) is 12.5 Å². The first-order valence-corrected chi connectivity index (χ1v) is 8.01. The van der Waals surface area contributed by atoms with Crippen LogP contribution < -0.4 is 10.1 Å². The molecule has 3 rings (SSSR count). The average molecular weight is 313 g/mol. The molecule has 0 fully saturated rings. The number of hydrogen-bond acceptors (Lipinski definition) is 5. The summed E-state index contributed by atoms with van der Waals surface area (Å²) in [6, 6.07) is 8.05. The molecule has 22 heavy (non-hydrogen) atoms. The van der Waals surface area contributed by atoms with Crippen LogP contribution in [0.1, 0.15) is 21.8 Å². The van der Waals surface area contributed by atoms with Gasteiger partial charge >= 0.3 is 0 Å². The van der Waals surface area contributed by atoms with Gasteiger partial charge in [-0.05, 0) is 44.0 Å². The normalized spacial score (nSPS) is 10.9. The van der Waals surface area contributed by atoms with E-state index in [4.69, 9.17) is 4.74 Å². The summed E-state index contributed by atoms with van der Waals surface area (Å²) in [5.74, 6) is 2.57. The molecule has 3 aromatic rings. The van der Waals surface area contributed by atoms with E-state index in [2.05, 4.69) is 35.2 Å². The van der Waals surface area contributed by atoms with Crippen molar-refractivity contribution in [3.05, 3.63) is 46.1 Å². The van der Waals surface area contributed by atoms with E-state index < -0.39 is 0 Å². The van der Waals surface area contributed by atoms with Gasteiger partial charge in [0.1, 0.15) is 22.2 Å². The van der Waals surface area contributed by atoms with Crippen LogP contribution in [-0.4, -0.2) is 17.1 Å². The Hall–Kier alpha value is -2.14. The minimum atomic E-state index is 0.705. The van der Waals surface area contributed by atoms with Crippen LogP contribution in [0, 0.1) is 20.8 Å². The molecule has 1 N–H and O–H groups in total. The van der Waals surface area contributed by atoms with Crippen molar-refractivity contribution < 1.29 is 4.74 Å². The van der Waals surface area contributed by atoms with Gasteiger partial charge in [0.15, 0.2) is 0 Å². The topological polar surface area (TPSA) is 47.0 Å². The third kappa shape index (κ3) is 2.76. The van der Waals surface area contributed by atoms with Gasteiger partial charge in [0, 0.05) is 11.4 Å². The van der Waals surface area contributed by atoms with Crippen LogP contribution >= 0.6 is 11.3 Å². The highest BCUT2D eigenvalue weighted by Crippen LogP contribution is 2.33.